The van der Waals surface area contributed by atoms with Crippen LogP contribution in [0.2, 0.25) is 0 Å². The van der Waals surface area contributed by atoms with Crippen molar-refractivity contribution in [1.29, 1.82) is 5.26 Å². The van der Waals surface area contributed by atoms with E-state index in [9.17, 15) is 29.2 Å². The van der Waals surface area contributed by atoms with E-state index in [0.29, 0.717) is 12.8 Å². The minimum atomic E-state index is -1.09. The zero-order chi connectivity index (χ0) is 41.0. The van der Waals surface area contributed by atoms with Gasteiger partial charge in [-0.05, 0) is 99.1 Å². The second kappa shape index (κ2) is 20.1. The molecule has 1 aliphatic heterocycles. The Bertz CT molecular complexity index is 1950. The summed E-state index contributed by atoms with van der Waals surface area (Å²) in [7, 11) is -0.455. The van der Waals surface area contributed by atoms with Crippen molar-refractivity contribution in [1.82, 2.24) is 21.3 Å². The molecule has 1 fully saturated rings. The average molecular weight is 796 g/mol. The zero-order valence-corrected chi connectivity index (χ0v) is 33.9. The maximum atomic E-state index is 13.8. The Labute approximate surface area is 337 Å². The van der Waals surface area contributed by atoms with Crippen LogP contribution < -0.4 is 21.3 Å². The summed E-state index contributed by atoms with van der Waals surface area (Å²) >= 11 is 0. The van der Waals surface area contributed by atoms with Gasteiger partial charge in [0, 0.05) is 18.9 Å². The molecular formula is C44H53N5O7S. The fraction of sp³-hybridized carbons (Fsp3) is 0.432. The third kappa shape index (κ3) is 12.0. The summed E-state index contributed by atoms with van der Waals surface area (Å²) in [4.78, 5) is 66.9. The minimum absolute atomic E-state index is 0.0484. The molecular weight excluding hydrogens is 743 g/mol. The van der Waals surface area contributed by atoms with Crippen molar-refractivity contribution in [2.45, 2.75) is 95.9 Å². The van der Waals surface area contributed by atoms with Gasteiger partial charge >= 0.3 is 12.2 Å². The molecule has 1 heterocycles. The Morgan fingerprint density at radius 3 is 2.02 bits per heavy atom. The number of ether oxygens (including phenoxy) is 2. The zero-order valence-electron chi connectivity index (χ0n) is 33.1. The number of rotatable bonds is 16. The number of Topliss-reactive ketones (excluding diaryl/α,β-unsaturated/α-hetero) is 1. The Kier molecular flexibility index (Phi) is 15.0. The highest BCUT2D eigenvalue weighted by atomic mass is 32.2. The van der Waals surface area contributed by atoms with E-state index in [1.54, 1.807) is 20.8 Å². The molecule has 3 atom stereocenters. The highest BCUT2D eigenvalue weighted by molar-refractivity contribution is 8.17. The molecule has 12 nitrogen and oxygen atoms in total. The quantitative estimate of drug-likeness (QED) is 0.0987. The third-order valence-corrected chi connectivity index (χ3v) is 12.3. The van der Waals surface area contributed by atoms with Gasteiger partial charge in [-0.1, -0.05) is 78.9 Å². The van der Waals surface area contributed by atoms with Gasteiger partial charge in [0.2, 0.25) is 17.6 Å². The van der Waals surface area contributed by atoms with Crippen LogP contribution in [-0.4, -0.2) is 83.0 Å². The number of amides is 4. The van der Waals surface area contributed by atoms with Crippen molar-refractivity contribution < 1.29 is 33.4 Å². The van der Waals surface area contributed by atoms with Gasteiger partial charge in [-0.2, -0.15) is 15.7 Å². The fourth-order valence-electron chi connectivity index (χ4n) is 7.04. The number of nitrogens with zero attached hydrogens (tertiary/aromatic N) is 1. The maximum absolute atomic E-state index is 13.8. The number of nitrogens with one attached hydrogen (secondary N) is 4. The summed E-state index contributed by atoms with van der Waals surface area (Å²) in [6.07, 6.45) is 1.82. The number of carbonyl (C=O) groups is 5. The number of alkyl carbamates (subject to hydrolysis) is 2. The van der Waals surface area contributed by atoms with Gasteiger partial charge in [-0.15, -0.1) is 0 Å². The first kappa shape index (κ1) is 42.7. The summed E-state index contributed by atoms with van der Waals surface area (Å²) in [6.45, 7) is 7.14. The van der Waals surface area contributed by atoms with Crippen molar-refractivity contribution in [3.05, 3.63) is 95.6 Å². The number of nitriles is 1. The molecule has 4 amide bonds. The molecule has 0 saturated carbocycles. The van der Waals surface area contributed by atoms with E-state index in [2.05, 4.69) is 27.3 Å². The summed E-state index contributed by atoms with van der Waals surface area (Å²) in [6, 6.07) is 24.1. The number of unbranched alkanes of at least 4 members (excludes halogenated alkanes) is 1. The molecule has 0 aromatic heterocycles. The van der Waals surface area contributed by atoms with Gasteiger partial charge in [0.15, 0.2) is 0 Å². The van der Waals surface area contributed by atoms with Crippen LogP contribution in [0.3, 0.4) is 0 Å². The van der Waals surface area contributed by atoms with Crippen LogP contribution in [0, 0.1) is 11.3 Å². The van der Waals surface area contributed by atoms with Gasteiger partial charge in [-0.3, -0.25) is 14.4 Å². The molecule has 57 heavy (non-hydrogen) atoms. The molecule has 0 spiro atoms. The fourth-order valence-corrected chi connectivity index (χ4v) is 9.32. The van der Waals surface area contributed by atoms with Gasteiger partial charge in [0.1, 0.15) is 35.2 Å². The summed E-state index contributed by atoms with van der Waals surface area (Å²) in [5, 5.41) is 20.9. The van der Waals surface area contributed by atoms with Gasteiger partial charge < -0.3 is 30.7 Å². The van der Waals surface area contributed by atoms with Gasteiger partial charge in [-0.25, -0.2) is 9.59 Å². The van der Waals surface area contributed by atoms with Gasteiger partial charge in [0.25, 0.3) is 0 Å². The highest BCUT2D eigenvalue weighted by Gasteiger charge is 2.32. The molecule has 0 bridgehead atoms. The number of benzene rings is 3. The number of fused-ring (bicyclic) bond motifs is 3. The molecule has 0 radical (unpaired) electrons. The van der Waals surface area contributed by atoms with E-state index >= 15 is 0 Å². The molecule has 2 aliphatic rings. The van der Waals surface area contributed by atoms with Crippen LogP contribution in [0.1, 0.15) is 82.4 Å². The summed E-state index contributed by atoms with van der Waals surface area (Å²) in [5.41, 5.74) is 4.43. The second-order valence-electron chi connectivity index (χ2n) is 15.3. The number of carbonyl (C=O) groups excluding carboxylic acids is 5. The molecule has 3 aromatic rings. The first-order chi connectivity index (χ1) is 27.3. The van der Waals surface area contributed by atoms with E-state index in [0.717, 1.165) is 52.2 Å². The molecule has 1 aliphatic carbocycles. The van der Waals surface area contributed by atoms with Crippen LogP contribution in [0.5, 0.6) is 0 Å². The molecule has 3 aromatic carbocycles. The second-order valence-corrected chi connectivity index (χ2v) is 17.6. The average Bonchev–Trinajstić information content (AvgIpc) is 3.83. The summed E-state index contributed by atoms with van der Waals surface area (Å²) in [5.74, 6) is -0.254. The Morgan fingerprint density at radius 1 is 0.789 bits per heavy atom. The minimum Gasteiger partial charge on any atom is -0.449 e. The lowest BCUT2D eigenvalue weighted by atomic mass is 9.98. The van der Waals surface area contributed by atoms with Crippen molar-refractivity contribution in [3.8, 4) is 17.2 Å². The van der Waals surface area contributed by atoms with Crippen LogP contribution in [0.25, 0.3) is 11.1 Å². The van der Waals surface area contributed by atoms with Crippen molar-refractivity contribution >= 4 is 45.1 Å². The first-order valence-electron chi connectivity index (χ1n) is 19.6. The smallest absolute Gasteiger partial charge is 0.407 e. The highest BCUT2D eigenvalue weighted by Crippen LogP contribution is 2.44. The number of hydrogen-bond acceptors (Lipinski definition) is 8. The molecule has 1 saturated heterocycles. The van der Waals surface area contributed by atoms with Crippen LogP contribution in [0.4, 0.5) is 9.59 Å². The van der Waals surface area contributed by atoms with Crippen molar-refractivity contribution in [2.75, 3.05) is 24.7 Å². The van der Waals surface area contributed by atoms with E-state index < -0.39 is 64.0 Å². The van der Waals surface area contributed by atoms with Crippen molar-refractivity contribution in [3.63, 3.8) is 0 Å². The first-order valence-corrected chi connectivity index (χ1v) is 21.1. The van der Waals surface area contributed by atoms with Crippen LogP contribution >= 0.6 is 10.5 Å². The van der Waals surface area contributed by atoms with E-state index in [4.69, 9.17) is 9.47 Å². The Balaban J connectivity index is 1.24. The largest absolute Gasteiger partial charge is 0.449 e. The lowest BCUT2D eigenvalue weighted by Gasteiger charge is -2.24. The van der Waals surface area contributed by atoms with Crippen molar-refractivity contribution in [2.24, 2.45) is 0 Å². The standard InChI is InChI=1S/C44H53N5O7S/c1-29(40(51)48-37(26-30-16-6-5-7-17-30)39(50)38(27-45)57-24-14-15-25-57)47-41(52)36(22-12-13-23-46-42(53)56-44(2,3)4)49-43(54)55-28-35-33-20-10-8-18-31(33)32-19-9-11-21-34(32)35/h5-11,16-21,29,35-37H,12-15,22-26,28H2,1-4H3,(H,46,53)(H,47,52)(H,48,51)(H,49,54)/t29-,36+,37-/m0/s1. The molecule has 13 heteroatoms. The van der Waals surface area contributed by atoms with E-state index in [1.165, 1.54) is 6.92 Å². The van der Waals surface area contributed by atoms with Crippen LogP contribution in [-0.2, 0) is 30.3 Å². The number of ketones is 1. The molecule has 302 valence electrons. The van der Waals surface area contributed by atoms with Crippen LogP contribution in [0.15, 0.2) is 78.9 Å². The summed E-state index contributed by atoms with van der Waals surface area (Å²) < 4.78 is 11.0. The van der Waals surface area contributed by atoms with Gasteiger partial charge in [0.05, 0.1) is 6.04 Å². The third-order valence-electron chi connectivity index (χ3n) is 9.85. The topological polar surface area (TPSA) is 176 Å². The molecule has 4 N–H and O–H groups in total. The monoisotopic (exact) mass is 795 g/mol. The normalized spacial score (nSPS) is 15.1. The SMILES string of the molecule is C[C@H](NC(=O)[C@@H](CCCCNC(=O)OC(C)(C)C)NC(=O)OCC1c2ccccc2-c2ccccc21)C(=O)N[C@@H](Cc1ccccc1)C(=O)C(C#N)=S1CCCC1. The molecule has 0 unspecified atom stereocenters. The molecule has 5 rings (SSSR count). The predicted molar refractivity (Wildman–Crippen MR) is 222 cm³/mol. The van der Waals surface area contributed by atoms with E-state index in [-0.39, 0.29) is 36.8 Å². The lowest BCUT2D eigenvalue weighted by Crippen LogP contribution is -2.55. The van der Waals surface area contributed by atoms with E-state index in [1.807, 2.05) is 78.9 Å². The number of hydrogen-bond donors (Lipinski definition) is 4. The predicted octanol–water partition coefficient (Wildman–Crippen LogP) is 6.15. The Hall–Kier alpha value is -5.48. The Morgan fingerprint density at radius 2 is 1.40 bits per heavy atom. The lowest BCUT2D eigenvalue weighted by molar-refractivity contribution is -0.130. The maximum Gasteiger partial charge on any atom is 0.407 e.